The maximum Gasteiger partial charge on any atom is 0.254 e. The Morgan fingerprint density at radius 1 is 1.32 bits per heavy atom. The molecule has 2 N–H and O–H groups in total. The van der Waals surface area contributed by atoms with Crippen LogP contribution in [0.15, 0.2) is 29.1 Å². The second-order valence-electron chi connectivity index (χ2n) is 5.97. The van der Waals surface area contributed by atoms with Crippen LogP contribution >= 0.6 is 0 Å². The number of benzene rings is 1. The number of carbonyl (C=O) groups is 1. The molecule has 1 aromatic heterocycles. The second kappa shape index (κ2) is 8.41. The Hall–Kier alpha value is -2.70. The number of para-hydroxylation sites is 1. The molecule has 6 nitrogen and oxygen atoms in total. The predicted octanol–water partition coefficient (Wildman–Crippen LogP) is 1.71. The van der Waals surface area contributed by atoms with E-state index in [2.05, 4.69) is 15.3 Å². The summed E-state index contributed by atoms with van der Waals surface area (Å²) in [4.78, 5) is 32.5. The summed E-state index contributed by atoms with van der Waals surface area (Å²) in [5, 5.41) is 2.78. The van der Waals surface area contributed by atoms with Crippen LogP contribution in [0.1, 0.15) is 23.5 Å². The molecule has 0 radical (unpaired) electrons. The van der Waals surface area contributed by atoms with E-state index in [-0.39, 0.29) is 23.7 Å². The summed E-state index contributed by atoms with van der Waals surface area (Å²) in [6.07, 6.45) is 0.662. The van der Waals surface area contributed by atoms with E-state index in [1.165, 1.54) is 6.07 Å². The fraction of sp³-hybridized carbons (Fsp3) is 0.389. The van der Waals surface area contributed by atoms with Crippen LogP contribution in [-0.2, 0) is 11.2 Å². The normalized spacial score (nSPS) is 10.6. The molecule has 0 aliphatic carbocycles. The molecule has 0 unspecified atom stereocenters. The maximum atomic E-state index is 13.7. The summed E-state index contributed by atoms with van der Waals surface area (Å²) in [6.45, 7) is 4.47. The van der Waals surface area contributed by atoms with E-state index in [1.54, 1.807) is 44.0 Å². The summed E-state index contributed by atoms with van der Waals surface area (Å²) in [7, 11) is 1.81. The molecule has 7 heteroatoms. The summed E-state index contributed by atoms with van der Waals surface area (Å²) < 4.78 is 13.7. The lowest BCUT2D eigenvalue weighted by molar-refractivity contribution is -0.120. The minimum atomic E-state index is -0.278. The summed E-state index contributed by atoms with van der Waals surface area (Å²) >= 11 is 0. The Kier molecular flexibility index (Phi) is 6.27. The zero-order valence-electron chi connectivity index (χ0n) is 14.7. The molecule has 2 rings (SSSR count). The van der Waals surface area contributed by atoms with Crippen molar-refractivity contribution in [3.8, 4) is 0 Å². The fourth-order valence-corrected chi connectivity index (χ4v) is 2.61. The molecule has 0 saturated carbocycles. The number of hydrogen-bond donors (Lipinski definition) is 2. The molecule has 0 bridgehead atoms. The largest absolute Gasteiger partial charge is 0.372 e. The summed E-state index contributed by atoms with van der Waals surface area (Å²) in [5.41, 5.74) is 1.20. The quantitative estimate of drug-likeness (QED) is 0.748. The molecule has 0 aliphatic rings. The van der Waals surface area contributed by atoms with Crippen molar-refractivity contribution < 1.29 is 9.18 Å². The van der Waals surface area contributed by atoms with Crippen molar-refractivity contribution in [1.82, 2.24) is 15.3 Å². The van der Waals surface area contributed by atoms with Crippen LogP contribution in [0, 0.1) is 19.7 Å². The third-order valence-corrected chi connectivity index (χ3v) is 3.93. The van der Waals surface area contributed by atoms with Gasteiger partial charge in [-0.15, -0.1) is 0 Å². The zero-order valence-corrected chi connectivity index (χ0v) is 14.7. The topological polar surface area (TPSA) is 78.1 Å². The predicted molar refractivity (Wildman–Crippen MR) is 95.3 cm³/mol. The Bertz CT molecular complexity index is 804. The molecule has 25 heavy (non-hydrogen) atoms. The SMILES string of the molecule is Cc1nc(C)c(CC(=O)NCCCN(C)c2ccccc2F)c(=O)[nH]1. The van der Waals surface area contributed by atoms with E-state index < -0.39 is 0 Å². The van der Waals surface area contributed by atoms with Gasteiger partial charge in [0.1, 0.15) is 11.6 Å². The highest BCUT2D eigenvalue weighted by Crippen LogP contribution is 2.16. The molecule has 1 heterocycles. The van der Waals surface area contributed by atoms with Crippen molar-refractivity contribution in [3.05, 3.63) is 57.5 Å². The molecule has 0 saturated heterocycles. The number of halogens is 1. The first-order chi connectivity index (χ1) is 11.9. The number of nitrogens with one attached hydrogen (secondary N) is 2. The number of aromatic nitrogens is 2. The molecule has 0 spiro atoms. The van der Waals surface area contributed by atoms with Gasteiger partial charge in [-0.25, -0.2) is 9.37 Å². The van der Waals surface area contributed by atoms with Gasteiger partial charge in [-0.3, -0.25) is 9.59 Å². The van der Waals surface area contributed by atoms with Gasteiger partial charge < -0.3 is 15.2 Å². The van der Waals surface area contributed by atoms with Crippen LogP contribution in [0.5, 0.6) is 0 Å². The Labute approximate surface area is 146 Å². The number of carbonyl (C=O) groups excluding carboxylic acids is 1. The second-order valence-corrected chi connectivity index (χ2v) is 5.97. The minimum absolute atomic E-state index is 0.00238. The van der Waals surface area contributed by atoms with Crippen LogP contribution in [0.25, 0.3) is 0 Å². The monoisotopic (exact) mass is 346 g/mol. The van der Waals surface area contributed by atoms with Crippen molar-refractivity contribution >= 4 is 11.6 Å². The van der Waals surface area contributed by atoms with Gasteiger partial charge in [0.2, 0.25) is 5.91 Å². The van der Waals surface area contributed by atoms with E-state index in [9.17, 15) is 14.0 Å². The van der Waals surface area contributed by atoms with E-state index in [0.717, 1.165) is 0 Å². The molecule has 1 amide bonds. The molecule has 0 fully saturated rings. The number of hydrogen-bond acceptors (Lipinski definition) is 4. The highest BCUT2D eigenvalue weighted by molar-refractivity contribution is 5.78. The Balaban J connectivity index is 1.80. The Morgan fingerprint density at radius 3 is 2.72 bits per heavy atom. The first-order valence-corrected chi connectivity index (χ1v) is 8.17. The molecular formula is C18H23FN4O2. The average molecular weight is 346 g/mol. The molecular weight excluding hydrogens is 323 g/mol. The Morgan fingerprint density at radius 2 is 2.04 bits per heavy atom. The van der Waals surface area contributed by atoms with Crippen molar-refractivity contribution in [2.75, 3.05) is 25.0 Å². The lowest BCUT2D eigenvalue weighted by Gasteiger charge is -2.19. The van der Waals surface area contributed by atoms with Crippen molar-refractivity contribution in [2.45, 2.75) is 26.7 Å². The van der Waals surface area contributed by atoms with Crippen LogP contribution in [0.2, 0.25) is 0 Å². The smallest absolute Gasteiger partial charge is 0.254 e. The summed E-state index contributed by atoms with van der Waals surface area (Å²) in [5.74, 6) is 0.0336. The standard InChI is InChI=1S/C18H23FN4O2/c1-12-14(18(25)22-13(2)21-12)11-17(24)20-9-6-10-23(3)16-8-5-4-7-15(16)19/h4-5,7-8H,6,9-11H2,1-3H3,(H,20,24)(H,21,22,25). The molecule has 134 valence electrons. The zero-order chi connectivity index (χ0) is 18.4. The van der Waals surface area contributed by atoms with Gasteiger partial charge in [0.25, 0.3) is 5.56 Å². The maximum absolute atomic E-state index is 13.7. The van der Waals surface area contributed by atoms with Crippen molar-refractivity contribution in [2.24, 2.45) is 0 Å². The van der Waals surface area contributed by atoms with Crippen LogP contribution in [0.3, 0.4) is 0 Å². The number of H-pyrrole nitrogens is 1. The van der Waals surface area contributed by atoms with Crippen LogP contribution in [0.4, 0.5) is 10.1 Å². The highest BCUT2D eigenvalue weighted by atomic mass is 19.1. The lowest BCUT2D eigenvalue weighted by Crippen LogP contribution is -2.31. The van der Waals surface area contributed by atoms with Crippen molar-refractivity contribution in [3.63, 3.8) is 0 Å². The van der Waals surface area contributed by atoms with Crippen LogP contribution in [-0.4, -0.2) is 36.0 Å². The van der Waals surface area contributed by atoms with Crippen LogP contribution < -0.4 is 15.8 Å². The van der Waals surface area contributed by atoms with Gasteiger partial charge in [-0.05, 0) is 32.4 Å². The van der Waals surface area contributed by atoms with E-state index in [4.69, 9.17) is 0 Å². The number of nitrogens with zero attached hydrogens (tertiary/aromatic N) is 2. The highest BCUT2D eigenvalue weighted by Gasteiger charge is 2.12. The van der Waals surface area contributed by atoms with E-state index >= 15 is 0 Å². The van der Waals surface area contributed by atoms with Gasteiger partial charge in [0.15, 0.2) is 0 Å². The van der Waals surface area contributed by atoms with E-state index in [1.807, 2.05) is 0 Å². The molecule has 0 atom stereocenters. The fourth-order valence-electron chi connectivity index (χ4n) is 2.61. The number of amides is 1. The third kappa shape index (κ3) is 5.14. The molecule has 2 aromatic rings. The van der Waals surface area contributed by atoms with E-state index in [0.29, 0.717) is 42.3 Å². The molecule has 0 aliphatic heterocycles. The van der Waals surface area contributed by atoms with Gasteiger partial charge in [0, 0.05) is 31.4 Å². The first-order valence-electron chi connectivity index (χ1n) is 8.17. The number of aromatic amines is 1. The minimum Gasteiger partial charge on any atom is -0.372 e. The number of anilines is 1. The van der Waals surface area contributed by atoms with Gasteiger partial charge in [-0.2, -0.15) is 0 Å². The number of aryl methyl sites for hydroxylation is 2. The van der Waals surface area contributed by atoms with Gasteiger partial charge in [0.05, 0.1) is 12.1 Å². The van der Waals surface area contributed by atoms with Gasteiger partial charge in [-0.1, -0.05) is 12.1 Å². The van der Waals surface area contributed by atoms with Crippen molar-refractivity contribution in [1.29, 1.82) is 0 Å². The third-order valence-electron chi connectivity index (χ3n) is 3.93. The first kappa shape index (κ1) is 18.6. The lowest BCUT2D eigenvalue weighted by atomic mass is 10.1. The summed E-state index contributed by atoms with van der Waals surface area (Å²) in [6, 6.07) is 6.57. The van der Waals surface area contributed by atoms with Gasteiger partial charge >= 0.3 is 0 Å². The average Bonchev–Trinajstić information content (AvgIpc) is 2.55. The number of rotatable bonds is 7. The molecule has 1 aromatic carbocycles.